The Labute approximate surface area is 166 Å². The second-order valence-corrected chi connectivity index (χ2v) is 9.50. The van der Waals surface area contributed by atoms with E-state index in [-0.39, 0.29) is 18.4 Å². The van der Waals surface area contributed by atoms with Crippen LogP contribution < -0.4 is 0 Å². The van der Waals surface area contributed by atoms with Crippen LogP contribution in [-0.4, -0.2) is 52.3 Å². The van der Waals surface area contributed by atoms with E-state index >= 15 is 0 Å². The normalized spacial score (nSPS) is 21.8. The highest BCUT2D eigenvalue weighted by Gasteiger charge is 2.51. The number of aromatic nitrogens is 3. The van der Waals surface area contributed by atoms with Crippen molar-refractivity contribution in [1.82, 2.24) is 19.7 Å². The van der Waals surface area contributed by atoms with E-state index < -0.39 is 21.0 Å². The van der Waals surface area contributed by atoms with E-state index in [1.54, 1.807) is 42.4 Å². The molecule has 2 aliphatic heterocycles. The number of halogens is 1. The molecular weight excluding hydrogens is 395 g/mol. The van der Waals surface area contributed by atoms with E-state index in [0.29, 0.717) is 28.3 Å². The monoisotopic (exact) mass is 412 g/mol. The predicted molar refractivity (Wildman–Crippen MR) is 102 cm³/mol. The zero-order chi connectivity index (χ0) is 20.3. The van der Waals surface area contributed by atoms with E-state index in [0.717, 1.165) is 5.56 Å². The molecule has 3 aromatic rings. The van der Waals surface area contributed by atoms with Gasteiger partial charge in [-0.05, 0) is 41.5 Å². The summed E-state index contributed by atoms with van der Waals surface area (Å²) in [6.45, 7) is 0.477. The fourth-order valence-electron chi connectivity index (χ4n) is 4.29. The van der Waals surface area contributed by atoms with Crippen molar-refractivity contribution in [2.24, 2.45) is 7.05 Å². The Balaban J connectivity index is 1.52. The molecule has 0 aliphatic carbocycles. The first-order chi connectivity index (χ1) is 13.9. The number of carbonyl (C=O) groups is 1. The first kappa shape index (κ1) is 18.0. The highest BCUT2D eigenvalue weighted by Crippen LogP contribution is 2.46. The molecule has 5 rings (SSSR count). The number of hydrogen-bond acceptors (Lipinski definition) is 5. The van der Waals surface area contributed by atoms with Gasteiger partial charge in [-0.2, -0.15) is 9.49 Å². The van der Waals surface area contributed by atoms with Crippen molar-refractivity contribution in [3.63, 3.8) is 0 Å². The highest BCUT2D eigenvalue weighted by molar-refractivity contribution is 7.92. The van der Waals surface area contributed by atoms with Gasteiger partial charge >= 0.3 is 0 Å². The Hall–Kier alpha value is -3.07. The van der Waals surface area contributed by atoms with Crippen LogP contribution in [0.15, 0.2) is 53.7 Å². The quantitative estimate of drug-likeness (QED) is 0.601. The maximum Gasteiger partial charge on any atom is 0.272 e. The largest absolute Gasteiger partial charge is 0.335 e. The number of sulfone groups is 1. The fourth-order valence-corrected chi connectivity index (χ4v) is 6.45. The van der Waals surface area contributed by atoms with Gasteiger partial charge in [-0.25, -0.2) is 13.4 Å². The van der Waals surface area contributed by atoms with Gasteiger partial charge in [0.25, 0.3) is 5.91 Å². The number of likely N-dealkylation sites (tertiary alicyclic amines) is 1. The molecule has 9 heteroatoms. The summed E-state index contributed by atoms with van der Waals surface area (Å²) in [5.41, 5.74) is 2.60. The summed E-state index contributed by atoms with van der Waals surface area (Å²) in [6.07, 6.45) is 2.96. The second kappa shape index (κ2) is 6.21. The van der Waals surface area contributed by atoms with E-state index in [9.17, 15) is 17.6 Å². The van der Waals surface area contributed by atoms with Crippen LogP contribution in [-0.2, 0) is 16.9 Å². The summed E-state index contributed by atoms with van der Waals surface area (Å²) < 4.78 is 40.7. The van der Waals surface area contributed by atoms with Gasteiger partial charge < -0.3 is 4.90 Å². The SMILES string of the molecule is Cn1nccc1C(=O)N1C[C@@H]2c3cc(-c4ccc(F)nc4)ccc3S(=O)(=O)[C@H]2C1. The number of hydrogen-bond donors (Lipinski definition) is 0. The highest BCUT2D eigenvalue weighted by atomic mass is 32.2. The molecule has 2 aliphatic rings. The van der Waals surface area contributed by atoms with Crippen LogP contribution in [0, 0.1) is 5.95 Å². The van der Waals surface area contributed by atoms with Gasteiger partial charge in [0.1, 0.15) is 5.69 Å². The molecule has 1 aromatic carbocycles. The van der Waals surface area contributed by atoms with Crippen LogP contribution in [0.25, 0.3) is 11.1 Å². The fraction of sp³-hybridized carbons (Fsp3) is 0.250. The Bertz CT molecular complexity index is 1240. The van der Waals surface area contributed by atoms with Crippen LogP contribution in [0.3, 0.4) is 0 Å². The van der Waals surface area contributed by atoms with Gasteiger partial charge in [-0.1, -0.05) is 6.07 Å². The lowest BCUT2D eigenvalue weighted by Gasteiger charge is -2.18. The molecule has 1 fully saturated rings. The third-order valence-corrected chi connectivity index (χ3v) is 8.03. The number of rotatable bonds is 2. The van der Waals surface area contributed by atoms with Crippen LogP contribution in [0.4, 0.5) is 4.39 Å². The van der Waals surface area contributed by atoms with Gasteiger partial charge in [0.2, 0.25) is 5.95 Å². The molecule has 0 unspecified atom stereocenters. The van der Waals surface area contributed by atoms with E-state index in [2.05, 4.69) is 10.1 Å². The van der Waals surface area contributed by atoms with Crippen molar-refractivity contribution >= 4 is 15.7 Å². The zero-order valence-corrected chi connectivity index (χ0v) is 16.3. The summed E-state index contributed by atoms with van der Waals surface area (Å²) in [5, 5.41) is 3.36. The number of benzene rings is 1. The molecule has 1 saturated heterocycles. The number of pyridine rings is 1. The van der Waals surface area contributed by atoms with Gasteiger partial charge in [0.15, 0.2) is 9.84 Å². The maximum atomic E-state index is 13.1. The first-order valence-corrected chi connectivity index (χ1v) is 10.7. The topological polar surface area (TPSA) is 85.2 Å². The van der Waals surface area contributed by atoms with Gasteiger partial charge in [0.05, 0.1) is 10.1 Å². The third kappa shape index (κ3) is 2.68. The van der Waals surface area contributed by atoms with E-state index in [1.807, 2.05) is 6.07 Å². The van der Waals surface area contributed by atoms with Crippen LogP contribution in [0.2, 0.25) is 0 Å². The average molecular weight is 412 g/mol. The zero-order valence-electron chi connectivity index (χ0n) is 15.5. The first-order valence-electron chi connectivity index (χ1n) is 9.13. The summed E-state index contributed by atoms with van der Waals surface area (Å²) in [5.74, 6) is -1.09. The maximum absolute atomic E-state index is 13.1. The predicted octanol–water partition coefficient (Wildman–Crippen LogP) is 2.02. The molecule has 0 spiro atoms. The van der Waals surface area contributed by atoms with Crippen molar-refractivity contribution in [3.8, 4) is 11.1 Å². The van der Waals surface area contributed by atoms with Crippen molar-refractivity contribution in [2.45, 2.75) is 16.1 Å². The number of aryl methyl sites for hydroxylation is 1. The smallest absolute Gasteiger partial charge is 0.272 e. The number of amides is 1. The minimum Gasteiger partial charge on any atom is -0.335 e. The molecular formula is C20H17FN4O3S. The van der Waals surface area contributed by atoms with E-state index in [4.69, 9.17) is 0 Å². The molecule has 1 amide bonds. The van der Waals surface area contributed by atoms with Crippen LogP contribution >= 0.6 is 0 Å². The molecule has 2 atom stereocenters. The molecule has 0 bridgehead atoms. The summed E-state index contributed by atoms with van der Waals surface area (Å²) >= 11 is 0. The summed E-state index contributed by atoms with van der Waals surface area (Å²) in [6, 6.07) is 9.65. The molecule has 29 heavy (non-hydrogen) atoms. The second-order valence-electron chi connectivity index (χ2n) is 7.36. The molecule has 0 radical (unpaired) electrons. The van der Waals surface area contributed by atoms with Crippen LogP contribution in [0.1, 0.15) is 22.0 Å². The lowest BCUT2D eigenvalue weighted by Crippen LogP contribution is -2.32. The molecule has 7 nitrogen and oxygen atoms in total. The number of nitrogens with zero attached hydrogens (tertiary/aromatic N) is 4. The van der Waals surface area contributed by atoms with Gasteiger partial charge in [-0.15, -0.1) is 0 Å². The van der Waals surface area contributed by atoms with Crippen molar-refractivity contribution in [1.29, 1.82) is 0 Å². The third-order valence-electron chi connectivity index (χ3n) is 5.77. The van der Waals surface area contributed by atoms with Gasteiger partial charge in [0, 0.05) is 44.0 Å². The number of fused-ring (bicyclic) bond motifs is 3. The lowest BCUT2D eigenvalue weighted by molar-refractivity contribution is 0.0780. The molecule has 0 N–H and O–H groups in total. The molecule has 148 valence electrons. The number of carbonyl (C=O) groups excluding carboxylic acids is 1. The average Bonchev–Trinajstić information content (AvgIpc) is 3.38. The Morgan fingerprint density at radius 1 is 1.14 bits per heavy atom. The Morgan fingerprint density at radius 2 is 1.93 bits per heavy atom. The minimum atomic E-state index is -3.53. The summed E-state index contributed by atoms with van der Waals surface area (Å²) in [7, 11) is -1.85. The van der Waals surface area contributed by atoms with Crippen molar-refractivity contribution in [2.75, 3.05) is 13.1 Å². The van der Waals surface area contributed by atoms with Gasteiger partial charge in [-0.3, -0.25) is 9.48 Å². The molecule has 0 saturated carbocycles. The Kier molecular flexibility index (Phi) is 3.86. The minimum absolute atomic E-state index is 0.152. The van der Waals surface area contributed by atoms with Crippen molar-refractivity contribution < 1.29 is 17.6 Å². The lowest BCUT2D eigenvalue weighted by atomic mass is 9.95. The van der Waals surface area contributed by atoms with Crippen molar-refractivity contribution in [3.05, 3.63) is 66.0 Å². The van der Waals surface area contributed by atoms with Crippen LogP contribution in [0.5, 0.6) is 0 Å². The molecule has 4 heterocycles. The van der Waals surface area contributed by atoms with E-state index in [1.165, 1.54) is 16.9 Å². The Morgan fingerprint density at radius 3 is 2.62 bits per heavy atom. The molecule has 2 aromatic heterocycles. The summed E-state index contributed by atoms with van der Waals surface area (Å²) in [4.78, 5) is 18.4. The standard InChI is InChI=1S/C20H17FN4O3S/c1-24-16(6-7-23-24)20(26)25-10-15-14-8-12(13-3-5-19(21)22-9-13)2-4-17(14)29(27,28)18(15)11-25/h2-9,15,18H,10-11H2,1H3/t15-,18+/m1/s1.